The van der Waals surface area contributed by atoms with Crippen LogP contribution in [0.1, 0.15) is 63.6 Å². The number of benzene rings is 3. The Hall–Kier alpha value is -3.10. The third kappa shape index (κ3) is 9.29. The first-order chi connectivity index (χ1) is 23.4. The zero-order chi connectivity index (χ0) is 36.5. The van der Waals surface area contributed by atoms with Crippen molar-refractivity contribution in [2.75, 3.05) is 29.5 Å². The van der Waals surface area contributed by atoms with Gasteiger partial charge in [0, 0.05) is 65.4 Å². The number of hydrogen-bond acceptors (Lipinski definition) is 8. The maximum absolute atomic E-state index is 11.4. The number of hydrogen-bond donors (Lipinski definition) is 1. The molecule has 3 aromatic rings. The molecule has 3 aromatic carbocycles. The number of fused-ring (bicyclic) bond motifs is 4. The van der Waals surface area contributed by atoms with Gasteiger partial charge in [-0.25, -0.2) is 16.8 Å². The molecule has 5 rings (SSSR count). The Bertz CT molecular complexity index is 2170. The fourth-order valence-corrected chi connectivity index (χ4v) is 8.27. The Labute approximate surface area is 323 Å². The predicted molar refractivity (Wildman–Crippen MR) is 194 cm³/mol. The summed E-state index contributed by atoms with van der Waals surface area (Å²) in [5.74, 6) is -1.81. The average Bonchev–Trinajstić information content (AvgIpc) is 3.37. The number of anilines is 1. The van der Waals surface area contributed by atoms with E-state index in [1.807, 2.05) is 71.7 Å². The van der Waals surface area contributed by atoms with E-state index in [2.05, 4.69) is 50.5 Å². The standard InChI is InChI=1S/C38H44N2O8S2.Na/c1-37(2)30-26-27(17-21-35(41)42)16-19-31(30)39(22-10-24-49(43,44)45)33(37)14-6-5-7-15-34-38(3,4)36-29-13-9-8-12-28(29)18-20-32(36)40(34)23-11-25-50(46,47)48;/h5-9,12-16,18-20,26H,10-11,17,21-25H2,1-4H3,(H2-,41,42,43,44,45,46,47,48);/q;+1/p-1. The van der Waals surface area contributed by atoms with Crippen LogP contribution in [0.25, 0.3) is 10.8 Å². The Balaban J connectivity index is 0.00000583. The monoisotopic (exact) mass is 742 g/mol. The fourth-order valence-electron chi connectivity index (χ4n) is 7.30. The van der Waals surface area contributed by atoms with Gasteiger partial charge in [-0.1, -0.05) is 68.5 Å². The SMILES string of the molecule is CC1(C)C(/C=C/C=C/C=C2/N(CCCS(=O)(=O)[O-])c3ccc(CCC(=O)O)cc3C2(C)C)=[N+](CCCS(=O)(=O)[O-])c2ccc3ccccc3c21.[Na+]. The molecule has 0 aliphatic carbocycles. The average molecular weight is 743 g/mol. The zero-order valence-electron chi connectivity index (χ0n) is 29.8. The predicted octanol–water partition coefficient (Wildman–Crippen LogP) is 2.90. The van der Waals surface area contributed by atoms with Gasteiger partial charge >= 0.3 is 35.5 Å². The van der Waals surface area contributed by atoms with Crippen molar-refractivity contribution in [1.29, 1.82) is 0 Å². The van der Waals surface area contributed by atoms with E-state index < -0.39 is 48.5 Å². The van der Waals surface area contributed by atoms with Crippen molar-refractivity contribution >= 4 is 54.1 Å². The first-order valence-electron chi connectivity index (χ1n) is 16.6. The summed E-state index contributed by atoms with van der Waals surface area (Å²) in [6, 6.07) is 18.1. The molecule has 0 unspecified atom stereocenters. The Kier molecular flexibility index (Phi) is 12.7. The molecule has 0 radical (unpaired) electrons. The molecule has 2 aliphatic rings. The largest absolute Gasteiger partial charge is 1.00 e. The quantitative estimate of drug-likeness (QED) is 0.114. The molecule has 0 spiro atoms. The van der Waals surface area contributed by atoms with Gasteiger partial charge in [-0.3, -0.25) is 4.79 Å². The van der Waals surface area contributed by atoms with Crippen LogP contribution in [0.5, 0.6) is 0 Å². The molecule has 0 amide bonds. The number of aryl methyl sites for hydroxylation is 1. The molecule has 1 N–H and O–H groups in total. The molecule has 266 valence electrons. The van der Waals surface area contributed by atoms with E-state index in [9.17, 15) is 35.8 Å². The first-order valence-corrected chi connectivity index (χ1v) is 19.8. The fraction of sp³-hybridized carbons (Fsp3) is 0.368. The molecule has 51 heavy (non-hydrogen) atoms. The van der Waals surface area contributed by atoms with Gasteiger partial charge in [-0.2, -0.15) is 4.58 Å². The van der Waals surface area contributed by atoms with Crippen molar-refractivity contribution in [2.24, 2.45) is 0 Å². The summed E-state index contributed by atoms with van der Waals surface area (Å²) in [6.45, 7) is 9.07. The van der Waals surface area contributed by atoms with Crippen LogP contribution in [0.4, 0.5) is 11.4 Å². The number of aliphatic carboxylic acids is 1. The molecule has 2 aliphatic heterocycles. The second-order valence-corrected chi connectivity index (χ2v) is 16.9. The molecule has 0 aromatic heterocycles. The van der Waals surface area contributed by atoms with E-state index in [0.29, 0.717) is 19.5 Å². The second kappa shape index (κ2) is 15.9. The van der Waals surface area contributed by atoms with E-state index in [1.54, 1.807) is 0 Å². The van der Waals surface area contributed by atoms with E-state index in [1.165, 1.54) is 0 Å². The number of carboxylic acids is 1. The zero-order valence-corrected chi connectivity index (χ0v) is 33.4. The number of carboxylic acid groups (broad SMARTS) is 1. The minimum Gasteiger partial charge on any atom is -0.748 e. The summed E-state index contributed by atoms with van der Waals surface area (Å²) in [4.78, 5) is 13.2. The van der Waals surface area contributed by atoms with Crippen molar-refractivity contribution in [3.63, 3.8) is 0 Å². The Morgan fingerprint density at radius 3 is 2.25 bits per heavy atom. The van der Waals surface area contributed by atoms with Crippen LogP contribution in [0, 0.1) is 0 Å². The van der Waals surface area contributed by atoms with Gasteiger partial charge in [0.2, 0.25) is 5.69 Å². The van der Waals surface area contributed by atoms with Gasteiger partial charge < -0.3 is 19.1 Å². The number of carbonyl (C=O) groups is 1. The Morgan fingerprint density at radius 1 is 0.882 bits per heavy atom. The third-order valence-electron chi connectivity index (χ3n) is 9.62. The maximum atomic E-state index is 11.4. The van der Waals surface area contributed by atoms with Crippen LogP contribution in [-0.4, -0.2) is 71.9 Å². The normalized spacial score (nSPS) is 17.5. The minimum atomic E-state index is -4.38. The molecule has 13 heteroatoms. The van der Waals surface area contributed by atoms with Gasteiger partial charge in [-0.15, -0.1) is 0 Å². The van der Waals surface area contributed by atoms with Crippen LogP contribution < -0.4 is 34.5 Å². The van der Waals surface area contributed by atoms with Crippen LogP contribution in [0.15, 0.2) is 90.7 Å². The molecule has 0 atom stereocenters. The number of nitrogens with zero attached hydrogens (tertiary/aromatic N) is 2. The van der Waals surface area contributed by atoms with Gasteiger partial charge in [0.15, 0.2) is 5.71 Å². The van der Waals surface area contributed by atoms with Crippen LogP contribution >= 0.6 is 0 Å². The molecule has 0 bridgehead atoms. The van der Waals surface area contributed by atoms with Gasteiger partial charge in [0.25, 0.3) is 0 Å². The summed E-state index contributed by atoms with van der Waals surface area (Å²) in [6.07, 6.45) is 10.4. The molecular weight excluding hydrogens is 700 g/mol. The third-order valence-corrected chi connectivity index (χ3v) is 11.2. The summed E-state index contributed by atoms with van der Waals surface area (Å²) in [5, 5.41) is 11.4. The van der Waals surface area contributed by atoms with Crippen molar-refractivity contribution < 1.29 is 70.0 Å². The van der Waals surface area contributed by atoms with Crippen LogP contribution in [0.2, 0.25) is 0 Å². The van der Waals surface area contributed by atoms with Crippen molar-refractivity contribution in [2.45, 2.75) is 64.2 Å². The van der Waals surface area contributed by atoms with E-state index >= 15 is 0 Å². The topological polar surface area (TPSA) is 158 Å². The molecule has 0 saturated heterocycles. The molecule has 10 nitrogen and oxygen atoms in total. The molecule has 0 fully saturated rings. The Morgan fingerprint density at radius 2 is 1.57 bits per heavy atom. The van der Waals surface area contributed by atoms with E-state index in [0.717, 1.165) is 50.2 Å². The smallest absolute Gasteiger partial charge is 0.748 e. The van der Waals surface area contributed by atoms with Crippen LogP contribution in [0.3, 0.4) is 0 Å². The van der Waals surface area contributed by atoms with Gasteiger partial charge in [0.1, 0.15) is 6.54 Å². The van der Waals surface area contributed by atoms with E-state index in [-0.39, 0.29) is 48.8 Å². The minimum absolute atomic E-state index is 0. The summed E-state index contributed by atoms with van der Waals surface area (Å²) < 4.78 is 70.5. The molecular formula is C38H43N2NaO8S2. The van der Waals surface area contributed by atoms with Crippen molar-refractivity contribution in [3.05, 3.63) is 107 Å². The summed E-state index contributed by atoms with van der Waals surface area (Å²) in [7, 11) is -8.74. The number of rotatable bonds is 14. The van der Waals surface area contributed by atoms with E-state index in [4.69, 9.17) is 0 Å². The molecule has 0 saturated carbocycles. The van der Waals surface area contributed by atoms with Crippen LogP contribution in [-0.2, 0) is 42.3 Å². The van der Waals surface area contributed by atoms with Crippen molar-refractivity contribution in [1.82, 2.24) is 0 Å². The number of allylic oxidation sites excluding steroid dienone is 6. The molecule has 2 heterocycles. The van der Waals surface area contributed by atoms with Crippen molar-refractivity contribution in [3.8, 4) is 0 Å². The summed E-state index contributed by atoms with van der Waals surface area (Å²) in [5.41, 5.74) is 5.83. The summed E-state index contributed by atoms with van der Waals surface area (Å²) >= 11 is 0. The van der Waals surface area contributed by atoms with Gasteiger partial charge in [0.05, 0.1) is 25.7 Å². The van der Waals surface area contributed by atoms with Gasteiger partial charge in [-0.05, 0) is 66.8 Å². The first kappa shape index (κ1) is 40.7. The maximum Gasteiger partial charge on any atom is 1.00 e. The second-order valence-electron chi connectivity index (χ2n) is 13.9.